The number of para-hydroxylation sites is 1. The van der Waals surface area contributed by atoms with Gasteiger partial charge in [-0.1, -0.05) is 29.8 Å². The van der Waals surface area contributed by atoms with Gasteiger partial charge in [0.15, 0.2) is 0 Å². The van der Waals surface area contributed by atoms with Crippen LogP contribution in [0.4, 0.5) is 11.4 Å². The number of thiophene rings is 1. The van der Waals surface area contributed by atoms with Crippen LogP contribution in [0.5, 0.6) is 0 Å². The highest BCUT2D eigenvalue weighted by Crippen LogP contribution is 2.37. The zero-order valence-corrected chi connectivity index (χ0v) is 20.1. The molecule has 1 atom stereocenters. The Balaban J connectivity index is 0.00000289. The molecule has 0 bridgehead atoms. The molecule has 0 aliphatic rings. The second kappa shape index (κ2) is 10.4. The van der Waals surface area contributed by atoms with Crippen molar-refractivity contribution in [3.8, 4) is 0 Å². The molecule has 4 rings (SSSR count). The van der Waals surface area contributed by atoms with Crippen molar-refractivity contribution in [1.29, 1.82) is 0 Å². The van der Waals surface area contributed by atoms with Gasteiger partial charge in [-0.3, -0.25) is 4.79 Å². The van der Waals surface area contributed by atoms with Gasteiger partial charge >= 0.3 is 0 Å². The molecule has 3 heterocycles. The van der Waals surface area contributed by atoms with E-state index in [2.05, 4.69) is 10.3 Å². The van der Waals surface area contributed by atoms with Crippen molar-refractivity contribution in [2.45, 2.75) is 25.9 Å². The molecule has 0 radical (unpaired) electrons. The molecule has 0 saturated heterocycles. The first kappa shape index (κ1) is 24.1. The molecule has 6 nitrogen and oxygen atoms in total. The minimum Gasteiger partial charge on any atom is -0.467 e. The summed E-state index contributed by atoms with van der Waals surface area (Å²) in [6, 6.07) is 14.4. The van der Waals surface area contributed by atoms with E-state index in [0.29, 0.717) is 18.1 Å². The van der Waals surface area contributed by atoms with Gasteiger partial charge in [0, 0.05) is 30.1 Å². The predicted molar refractivity (Wildman–Crippen MR) is 134 cm³/mol. The number of likely N-dealkylation sites (N-methyl/N-ethyl adjacent to an activating group) is 1. The van der Waals surface area contributed by atoms with Crippen LogP contribution in [0.2, 0.25) is 5.15 Å². The lowest BCUT2D eigenvalue weighted by Crippen LogP contribution is -2.43. The number of furan rings is 1. The van der Waals surface area contributed by atoms with Gasteiger partial charge < -0.3 is 20.4 Å². The zero-order valence-electron chi connectivity index (χ0n) is 17.7. The predicted octanol–water partition coefficient (Wildman–Crippen LogP) is 5.42. The van der Waals surface area contributed by atoms with Crippen LogP contribution in [-0.2, 0) is 17.8 Å². The maximum Gasteiger partial charge on any atom is 0.244 e. The lowest BCUT2D eigenvalue weighted by Gasteiger charge is -2.21. The largest absolute Gasteiger partial charge is 0.467 e. The molecule has 4 aromatic rings. The van der Waals surface area contributed by atoms with Crippen LogP contribution in [0.15, 0.2) is 59.2 Å². The number of hydrogen-bond acceptors (Lipinski definition) is 6. The van der Waals surface area contributed by atoms with E-state index in [1.807, 2.05) is 49.4 Å². The van der Waals surface area contributed by atoms with E-state index in [1.54, 1.807) is 35.6 Å². The lowest BCUT2D eigenvalue weighted by atomic mass is 10.1. The summed E-state index contributed by atoms with van der Waals surface area (Å²) >= 11 is 7.86. The molecule has 0 unspecified atom stereocenters. The summed E-state index contributed by atoms with van der Waals surface area (Å²) in [4.78, 5) is 20.0. The van der Waals surface area contributed by atoms with Gasteiger partial charge in [0.25, 0.3) is 0 Å². The minimum absolute atomic E-state index is 0. The first-order valence-electron chi connectivity index (χ1n) is 9.87. The number of fused-ring (bicyclic) bond motifs is 1. The average Bonchev–Trinajstić information content (AvgIpc) is 3.40. The number of nitrogens with one attached hydrogen (secondary N) is 1. The lowest BCUT2D eigenvalue weighted by molar-refractivity contribution is -0.119. The number of aryl methyl sites for hydroxylation is 1. The summed E-state index contributed by atoms with van der Waals surface area (Å²) in [7, 11) is 1.74. The van der Waals surface area contributed by atoms with Crippen molar-refractivity contribution < 1.29 is 9.21 Å². The molecule has 3 aromatic heterocycles. The van der Waals surface area contributed by atoms with E-state index in [-0.39, 0.29) is 18.3 Å². The van der Waals surface area contributed by atoms with Crippen LogP contribution in [0.3, 0.4) is 0 Å². The summed E-state index contributed by atoms with van der Waals surface area (Å²) in [6.45, 7) is 2.53. The minimum atomic E-state index is -0.660. The van der Waals surface area contributed by atoms with Gasteiger partial charge in [-0.05, 0) is 36.8 Å². The number of anilines is 2. The first-order chi connectivity index (χ1) is 14.9. The van der Waals surface area contributed by atoms with Crippen LogP contribution in [0.25, 0.3) is 10.2 Å². The average molecular weight is 491 g/mol. The van der Waals surface area contributed by atoms with Crippen LogP contribution >= 0.6 is 35.3 Å². The summed E-state index contributed by atoms with van der Waals surface area (Å²) < 4.78 is 6.38. The Hall–Kier alpha value is -2.58. The van der Waals surface area contributed by atoms with Crippen molar-refractivity contribution in [2.75, 3.05) is 17.3 Å². The molecule has 0 aliphatic carbocycles. The Kier molecular flexibility index (Phi) is 7.79. The number of rotatable bonds is 7. The van der Waals surface area contributed by atoms with Gasteiger partial charge in [-0.15, -0.1) is 23.7 Å². The number of carbonyl (C=O) groups is 1. The van der Waals surface area contributed by atoms with Crippen molar-refractivity contribution in [2.24, 2.45) is 5.73 Å². The fourth-order valence-electron chi connectivity index (χ4n) is 3.43. The Labute approximate surface area is 201 Å². The van der Waals surface area contributed by atoms with Crippen molar-refractivity contribution in [3.63, 3.8) is 0 Å². The molecular weight excluding hydrogens is 467 g/mol. The van der Waals surface area contributed by atoms with Gasteiger partial charge in [0.2, 0.25) is 5.91 Å². The number of pyridine rings is 1. The highest BCUT2D eigenvalue weighted by Gasteiger charge is 2.23. The summed E-state index contributed by atoms with van der Waals surface area (Å²) in [5.74, 6) is 0.691. The molecule has 168 valence electrons. The van der Waals surface area contributed by atoms with E-state index < -0.39 is 6.04 Å². The van der Waals surface area contributed by atoms with Crippen LogP contribution in [0, 0.1) is 6.92 Å². The molecule has 1 aromatic carbocycles. The van der Waals surface area contributed by atoms with Crippen molar-refractivity contribution >= 4 is 62.8 Å². The first-order valence-corrected chi connectivity index (χ1v) is 11.1. The fraction of sp³-hybridized carbons (Fsp3) is 0.217. The molecule has 0 fully saturated rings. The van der Waals surface area contributed by atoms with Gasteiger partial charge in [-0.2, -0.15) is 0 Å². The number of nitrogens with two attached hydrogens (primary N) is 1. The molecular formula is C23H24Cl2N4O2S. The molecule has 0 saturated carbocycles. The van der Waals surface area contributed by atoms with E-state index in [4.69, 9.17) is 21.8 Å². The number of benzene rings is 1. The monoisotopic (exact) mass is 490 g/mol. The van der Waals surface area contributed by atoms with Crippen LogP contribution in [0.1, 0.15) is 16.2 Å². The van der Waals surface area contributed by atoms with Crippen LogP contribution in [-0.4, -0.2) is 24.0 Å². The SMILES string of the molecule is Cc1c(C[C@@H](N)C(=O)N(C)c2ccccc2)sc2c(NCc3ccco3)cc(Cl)nc12.Cl. The fourth-order valence-corrected chi connectivity index (χ4v) is 4.92. The van der Waals surface area contributed by atoms with E-state index in [0.717, 1.165) is 37.8 Å². The third kappa shape index (κ3) is 5.07. The van der Waals surface area contributed by atoms with Gasteiger partial charge in [0.05, 0.1) is 34.8 Å². The number of amides is 1. The number of halogens is 2. The summed E-state index contributed by atoms with van der Waals surface area (Å²) in [5, 5.41) is 3.78. The zero-order chi connectivity index (χ0) is 22.0. The Morgan fingerprint density at radius 2 is 2.03 bits per heavy atom. The molecule has 1 amide bonds. The Bertz CT molecular complexity index is 1200. The topological polar surface area (TPSA) is 84.4 Å². The maximum absolute atomic E-state index is 12.9. The number of nitrogens with zero attached hydrogens (tertiary/aromatic N) is 2. The summed E-state index contributed by atoms with van der Waals surface area (Å²) in [5.41, 5.74) is 9.82. The third-order valence-electron chi connectivity index (χ3n) is 5.17. The molecule has 0 spiro atoms. The second-order valence-electron chi connectivity index (χ2n) is 7.30. The summed E-state index contributed by atoms with van der Waals surface area (Å²) in [6.07, 6.45) is 2.07. The maximum atomic E-state index is 12.9. The van der Waals surface area contributed by atoms with E-state index in [1.165, 1.54) is 0 Å². The van der Waals surface area contributed by atoms with E-state index in [9.17, 15) is 4.79 Å². The van der Waals surface area contributed by atoms with Gasteiger partial charge in [-0.25, -0.2) is 4.98 Å². The quantitative estimate of drug-likeness (QED) is 0.338. The smallest absolute Gasteiger partial charge is 0.244 e. The number of hydrogen-bond donors (Lipinski definition) is 2. The standard InChI is InChI=1S/C23H23ClN4O2S.ClH/c1-14-19(11-17(25)23(29)28(2)15-7-4-3-5-8-15)31-22-18(12-20(24)27-21(14)22)26-13-16-9-6-10-30-16;/h3-10,12,17H,11,13,25H2,1-2H3,(H,26,27);1H/t17-;/m1./s1. The normalized spacial score (nSPS) is 11.8. The van der Waals surface area contributed by atoms with E-state index >= 15 is 0 Å². The Morgan fingerprint density at radius 1 is 1.28 bits per heavy atom. The van der Waals surface area contributed by atoms with Gasteiger partial charge in [0.1, 0.15) is 10.9 Å². The third-order valence-corrected chi connectivity index (χ3v) is 6.70. The molecule has 0 aliphatic heterocycles. The Morgan fingerprint density at radius 3 is 2.72 bits per heavy atom. The molecule has 9 heteroatoms. The highest BCUT2D eigenvalue weighted by atomic mass is 35.5. The highest BCUT2D eigenvalue weighted by molar-refractivity contribution is 7.19. The van der Waals surface area contributed by atoms with Crippen LogP contribution < -0.4 is 16.0 Å². The number of aromatic nitrogens is 1. The molecule has 32 heavy (non-hydrogen) atoms. The van der Waals surface area contributed by atoms with Crippen molar-refractivity contribution in [1.82, 2.24) is 4.98 Å². The van der Waals surface area contributed by atoms with Crippen molar-refractivity contribution in [3.05, 3.63) is 76.1 Å². The second-order valence-corrected chi connectivity index (χ2v) is 8.79. The molecule has 3 N–H and O–H groups in total. The number of carbonyl (C=O) groups excluding carboxylic acids is 1.